The van der Waals surface area contributed by atoms with Crippen LogP contribution in [0.5, 0.6) is 0 Å². The van der Waals surface area contributed by atoms with E-state index in [-0.39, 0.29) is 11.7 Å². The number of hydrogen-bond acceptors (Lipinski definition) is 2. The number of unbranched alkanes of at least 4 members (excludes halogenated alkanes) is 5. The molecule has 94 valence electrons. The smallest absolute Gasteiger partial charge is 0.129 e. The molecule has 0 aromatic carbocycles. The van der Waals surface area contributed by atoms with E-state index >= 15 is 0 Å². The van der Waals surface area contributed by atoms with Gasteiger partial charge in [0.05, 0.1) is 0 Å². The summed E-state index contributed by atoms with van der Waals surface area (Å²) in [5.41, 5.74) is 0. The average molecular weight is 226 g/mol. The third-order valence-electron chi connectivity index (χ3n) is 2.99. The maximum absolute atomic E-state index is 10.8. The van der Waals surface area contributed by atoms with Crippen LogP contribution in [0.4, 0.5) is 0 Å². The van der Waals surface area contributed by atoms with Crippen LogP contribution in [-0.2, 0) is 9.59 Å². The fraction of sp³-hybridized carbons (Fsp3) is 0.857. The lowest BCUT2D eigenvalue weighted by Gasteiger charge is -2.08. The number of carbonyl (C=O) groups is 2. The molecule has 0 heterocycles. The van der Waals surface area contributed by atoms with E-state index in [0.717, 1.165) is 25.5 Å². The minimum Gasteiger partial charge on any atom is -0.303 e. The summed E-state index contributed by atoms with van der Waals surface area (Å²) in [6.07, 6.45) is 10.8. The van der Waals surface area contributed by atoms with Gasteiger partial charge in [-0.15, -0.1) is 0 Å². The molecule has 0 amide bonds. The molecule has 0 spiro atoms. The molecule has 1 atom stereocenters. The van der Waals surface area contributed by atoms with Crippen molar-refractivity contribution < 1.29 is 9.59 Å². The average Bonchev–Trinajstić information content (AvgIpc) is 2.27. The van der Waals surface area contributed by atoms with Crippen molar-refractivity contribution in [3.8, 4) is 0 Å². The lowest BCUT2D eigenvalue weighted by atomic mass is 9.96. The number of rotatable bonds is 11. The van der Waals surface area contributed by atoms with E-state index in [1.54, 1.807) is 6.92 Å². The normalized spacial score (nSPS) is 12.4. The van der Waals surface area contributed by atoms with Crippen molar-refractivity contribution in [3.05, 3.63) is 0 Å². The predicted octanol–water partition coefficient (Wildman–Crippen LogP) is 3.92. The molecule has 0 aromatic rings. The Morgan fingerprint density at radius 3 is 2.25 bits per heavy atom. The van der Waals surface area contributed by atoms with Crippen LogP contribution in [-0.4, -0.2) is 12.1 Å². The molecule has 2 heteroatoms. The Morgan fingerprint density at radius 1 is 1.06 bits per heavy atom. The van der Waals surface area contributed by atoms with Crippen molar-refractivity contribution in [3.63, 3.8) is 0 Å². The summed E-state index contributed by atoms with van der Waals surface area (Å²) in [4.78, 5) is 21.6. The van der Waals surface area contributed by atoms with E-state index in [0.29, 0.717) is 6.42 Å². The molecular weight excluding hydrogens is 200 g/mol. The highest BCUT2D eigenvalue weighted by Gasteiger charge is 2.07. The third-order valence-corrected chi connectivity index (χ3v) is 2.99. The van der Waals surface area contributed by atoms with E-state index in [2.05, 4.69) is 6.92 Å². The zero-order valence-electron chi connectivity index (χ0n) is 10.8. The van der Waals surface area contributed by atoms with Gasteiger partial charge in [0, 0.05) is 12.3 Å². The molecule has 0 bridgehead atoms. The minimum atomic E-state index is 0.107. The summed E-state index contributed by atoms with van der Waals surface area (Å²) in [6.45, 7) is 3.80. The van der Waals surface area contributed by atoms with Crippen molar-refractivity contribution >= 4 is 12.1 Å². The van der Waals surface area contributed by atoms with Crippen LogP contribution in [0.3, 0.4) is 0 Å². The van der Waals surface area contributed by atoms with Crippen molar-refractivity contribution in [1.82, 2.24) is 0 Å². The lowest BCUT2D eigenvalue weighted by Crippen LogP contribution is -2.04. The predicted molar refractivity (Wildman–Crippen MR) is 67.5 cm³/mol. The summed E-state index contributed by atoms with van der Waals surface area (Å²) in [6, 6.07) is 0. The van der Waals surface area contributed by atoms with Gasteiger partial charge in [0.1, 0.15) is 12.1 Å². The highest BCUT2D eigenvalue weighted by atomic mass is 16.1. The highest BCUT2D eigenvalue weighted by Crippen LogP contribution is 2.15. The van der Waals surface area contributed by atoms with Gasteiger partial charge in [0.15, 0.2) is 0 Å². The second-order valence-corrected chi connectivity index (χ2v) is 4.69. The fourth-order valence-corrected chi connectivity index (χ4v) is 1.86. The molecule has 0 aliphatic rings. The van der Waals surface area contributed by atoms with Gasteiger partial charge in [0.25, 0.3) is 0 Å². The van der Waals surface area contributed by atoms with E-state index < -0.39 is 0 Å². The molecule has 0 rings (SSSR count). The van der Waals surface area contributed by atoms with Crippen LogP contribution < -0.4 is 0 Å². The molecular formula is C14H26O2. The molecule has 16 heavy (non-hydrogen) atoms. The first-order chi connectivity index (χ1) is 7.70. The maximum atomic E-state index is 10.8. The van der Waals surface area contributed by atoms with Crippen LogP contribution in [0.1, 0.15) is 71.6 Å². The van der Waals surface area contributed by atoms with Crippen LogP contribution in [0, 0.1) is 5.92 Å². The largest absolute Gasteiger partial charge is 0.303 e. The molecule has 0 aliphatic carbocycles. The molecule has 0 radical (unpaired) electrons. The number of Topliss-reactive ketones (excluding diaryl/α,β-unsaturated/α-hetero) is 1. The van der Waals surface area contributed by atoms with Gasteiger partial charge in [-0.25, -0.2) is 0 Å². The SMILES string of the molecule is CCCCCCCC[C@@H](C=O)CCC(C)=O. The van der Waals surface area contributed by atoms with Crippen molar-refractivity contribution in [2.24, 2.45) is 5.92 Å². The molecule has 0 aliphatic heterocycles. The Labute approximate surface area is 99.8 Å². The zero-order valence-corrected chi connectivity index (χ0v) is 10.8. The third kappa shape index (κ3) is 9.88. The maximum Gasteiger partial charge on any atom is 0.129 e. The van der Waals surface area contributed by atoms with Gasteiger partial charge >= 0.3 is 0 Å². The van der Waals surface area contributed by atoms with Crippen LogP contribution in [0.25, 0.3) is 0 Å². The quantitative estimate of drug-likeness (QED) is 0.395. The first-order valence-corrected chi connectivity index (χ1v) is 6.65. The molecule has 0 N–H and O–H groups in total. The second-order valence-electron chi connectivity index (χ2n) is 4.69. The van der Waals surface area contributed by atoms with E-state index in [9.17, 15) is 9.59 Å². The van der Waals surface area contributed by atoms with Gasteiger partial charge in [-0.2, -0.15) is 0 Å². The number of aldehydes is 1. The molecule has 2 nitrogen and oxygen atoms in total. The highest BCUT2D eigenvalue weighted by molar-refractivity contribution is 5.75. The Hall–Kier alpha value is -0.660. The monoisotopic (exact) mass is 226 g/mol. The summed E-state index contributed by atoms with van der Waals surface area (Å²) < 4.78 is 0. The van der Waals surface area contributed by atoms with Gasteiger partial charge in [0.2, 0.25) is 0 Å². The van der Waals surface area contributed by atoms with E-state index in [1.165, 1.54) is 32.1 Å². The topological polar surface area (TPSA) is 34.1 Å². The summed E-state index contributed by atoms with van der Waals surface area (Å²) in [5.74, 6) is 0.296. The first kappa shape index (κ1) is 15.3. The Balaban J connectivity index is 3.40. The second kappa shape index (κ2) is 10.8. The number of ketones is 1. The molecule has 0 fully saturated rings. The van der Waals surface area contributed by atoms with Crippen molar-refractivity contribution in [2.45, 2.75) is 71.6 Å². The van der Waals surface area contributed by atoms with Crippen molar-refractivity contribution in [1.29, 1.82) is 0 Å². The van der Waals surface area contributed by atoms with Gasteiger partial charge in [-0.1, -0.05) is 45.4 Å². The standard InChI is InChI=1S/C14H26O2/c1-3-4-5-6-7-8-9-14(12-15)11-10-13(2)16/h12,14H,3-11H2,1-2H3/t14-/m1/s1. The van der Waals surface area contributed by atoms with Gasteiger partial charge < -0.3 is 9.59 Å². The van der Waals surface area contributed by atoms with Crippen LogP contribution in [0.15, 0.2) is 0 Å². The fourth-order valence-electron chi connectivity index (χ4n) is 1.86. The van der Waals surface area contributed by atoms with Gasteiger partial charge in [-0.05, 0) is 19.8 Å². The molecule has 0 saturated carbocycles. The summed E-state index contributed by atoms with van der Waals surface area (Å²) in [5, 5.41) is 0. The van der Waals surface area contributed by atoms with Crippen LogP contribution in [0.2, 0.25) is 0 Å². The summed E-state index contributed by atoms with van der Waals surface area (Å²) in [7, 11) is 0. The summed E-state index contributed by atoms with van der Waals surface area (Å²) >= 11 is 0. The minimum absolute atomic E-state index is 0.107. The molecule has 0 saturated heterocycles. The zero-order chi connectivity index (χ0) is 12.2. The Kier molecular flexibility index (Phi) is 10.4. The van der Waals surface area contributed by atoms with E-state index in [4.69, 9.17) is 0 Å². The number of carbonyl (C=O) groups excluding carboxylic acids is 2. The molecule has 0 unspecified atom stereocenters. The lowest BCUT2D eigenvalue weighted by molar-refractivity contribution is -0.117. The Morgan fingerprint density at radius 2 is 1.69 bits per heavy atom. The van der Waals surface area contributed by atoms with E-state index in [1.807, 2.05) is 0 Å². The van der Waals surface area contributed by atoms with Crippen molar-refractivity contribution in [2.75, 3.05) is 0 Å². The van der Waals surface area contributed by atoms with Crippen LogP contribution >= 0.6 is 0 Å². The number of hydrogen-bond donors (Lipinski definition) is 0. The van der Waals surface area contributed by atoms with Gasteiger partial charge in [-0.3, -0.25) is 0 Å². The molecule has 0 aromatic heterocycles. The first-order valence-electron chi connectivity index (χ1n) is 6.65. The Bertz CT molecular complexity index is 187.